The van der Waals surface area contributed by atoms with E-state index >= 15 is 0 Å². The first-order chi connectivity index (χ1) is 64.5. The standard InChI is InChI=1S/C48H52N8O7.C42H49N7O5.C12H14O5/c1-28(2)41(53-47(59)62-4)45(57)55-21-7-11-39(55)44-50-27-38(52-44)34-20-19-32-23-31(17-18-33(32)24-34)29-13-15-30(16-14-29)37-26-49-43(51-37)40-12-8-22-56(40)46(58)42(54-48(60)63-5)35-9-6-10-36(25-35)61-3;1-25(2)36(47-40(51)53-6)39(50)48-19-7-9-34(48)37-44-24-33(46-37)31-18-17-29-21-28(15-16-30(29)22-31)26-11-13-27(14-12-26)32-23-43-38(45-32)35-10-8-20-49(35)41(52)54-42(3,4)5;1-16-9-5-3-4-8(6-9)10(12(14)15)7-11(13)17-2/h6,9-10,13-20,23-28,39-42H,7-8,11-12,21-22H2,1-5H3,(H,49,51)(H,50,52)(H,53,59)(H,54,60);11-18,21-25,34-36H,7-10,19-20H2,1-6H3,(H,43,45)(H,44,46)(H,47,51);3-6,10H,7H2,1-2H3,(H,14,15)/t39-,40-,41-,42+;34-,35-,36-;10-/m001/s1. The number of aromatic nitrogens is 8. The molecule has 12 aromatic rings. The first-order valence-electron chi connectivity index (χ1n) is 45.0. The van der Waals surface area contributed by atoms with Gasteiger partial charge in [0.05, 0.1) is 127 Å². The molecule has 700 valence electrons. The van der Waals surface area contributed by atoms with E-state index in [2.05, 4.69) is 167 Å². The molecule has 4 aromatic heterocycles. The highest BCUT2D eigenvalue weighted by atomic mass is 16.6. The Morgan fingerprint density at radius 2 is 0.724 bits per heavy atom. The number of carbonyl (C=O) groups excluding carboxylic acids is 8. The van der Waals surface area contributed by atoms with E-state index in [1.807, 2.05) is 76.9 Å². The predicted molar refractivity (Wildman–Crippen MR) is 505 cm³/mol. The molecule has 134 heavy (non-hydrogen) atoms. The number of esters is 1. The summed E-state index contributed by atoms with van der Waals surface area (Å²) in [5, 5.41) is 21.6. The molecule has 8 N–H and O–H groups in total. The van der Waals surface area contributed by atoms with Crippen molar-refractivity contribution in [3.63, 3.8) is 0 Å². The van der Waals surface area contributed by atoms with Gasteiger partial charge in [-0.15, -0.1) is 0 Å². The molecule has 4 saturated heterocycles. The Balaban J connectivity index is 0.000000184. The van der Waals surface area contributed by atoms with E-state index in [0.717, 1.165) is 158 Å². The average molecular weight is 1820 g/mol. The molecule has 0 spiro atoms. The van der Waals surface area contributed by atoms with Crippen LogP contribution in [0.5, 0.6) is 11.5 Å². The second kappa shape index (κ2) is 42.6. The fourth-order valence-electron chi connectivity index (χ4n) is 17.7. The summed E-state index contributed by atoms with van der Waals surface area (Å²) in [7, 11) is 8.13. The van der Waals surface area contributed by atoms with Crippen LogP contribution in [0.3, 0.4) is 0 Å². The Kier molecular flexibility index (Phi) is 30.3. The van der Waals surface area contributed by atoms with Gasteiger partial charge in [0.2, 0.25) is 11.8 Å². The molecule has 8 atom stereocenters. The second-order valence-electron chi connectivity index (χ2n) is 35.3. The molecule has 8 aromatic carbocycles. The molecule has 32 nitrogen and oxygen atoms in total. The van der Waals surface area contributed by atoms with E-state index in [1.165, 1.54) is 35.5 Å². The molecule has 16 rings (SSSR count). The molecule has 4 aliphatic rings. The lowest BCUT2D eigenvalue weighted by atomic mass is 9.96. The van der Waals surface area contributed by atoms with E-state index < -0.39 is 59.9 Å². The van der Waals surface area contributed by atoms with Crippen LogP contribution in [0.2, 0.25) is 0 Å². The third-order valence-electron chi connectivity index (χ3n) is 24.8. The Hall–Kier alpha value is -14.9. The van der Waals surface area contributed by atoms with Crippen LogP contribution in [0.4, 0.5) is 19.2 Å². The van der Waals surface area contributed by atoms with E-state index in [0.29, 0.717) is 54.6 Å². The summed E-state index contributed by atoms with van der Waals surface area (Å²) in [4.78, 5) is 152. The summed E-state index contributed by atoms with van der Waals surface area (Å²) < 4.78 is 34.9. The molecule has 0 radical (unpaired) electrons. The Morgan fingerprint density at radius 3 is 1.09 bits per heavy atom. The van der Waals surface area contributed by atoms with Gasteiger partial charge in [-0.25, -0.2) is 39.1 Å². The largest absolute Gasteiger partial charge is 0.497 e. The number of aromatic amines is 4. The highest BCUT2D eigenvalue weighted by Gasteiger charge is 2.42. The van der Waals surface area contributed by atoms with Crippen molar-refractivity contribution in [3.8, 4) is 78.8 Å². The van der Waals surface area contributed by atoms with Gasteiger partial charge < -0.3 is 88.9 Å². The van der Waals surface area contributed by atoms with Crippen molar-refractivity contribution in [1.29, 1.82) is 0 Å². The molecule has 0 aliphatic carbocycles. The van der Waals surface area contributed by atoms with Gasteiger partial charge in [0.25, 0.3) is 5.91 Å². The van der Waals surface area contributed by atoms with Crippen LogP contribution in [0.15, 0.2) is 195 Å². The number of rotatable bonds is 25. The number of carbonyl (C=O) groups is 9. The van der Waals surface area contributed by atoms with Gasteiger partial charge in [-0.2, -0.15) is 0 Å². The third-order valence-corrected chi connectivity index (χ3v) is 24.8. The molecule has 4 fully saturated rings. The number of H-pyrrole nitrogens is 4. The van der Waals surface area contributed by atoms with Gasteiger partial charge >= 0.3 is 36.3 Å². The number of nitrogens with one attached hydrogen (secondary N) is 7. The topological polar surface area (TPSA) is 402 Å². The van der Waals surface area contributed by atoms with Crippen molar-refractivity contribution in [3.05, 3.63) is 229 Å². The number of nitrogens with zero attached hydrogens (tertiary/aromatic N) is 8. The predicted octanol–water partition coefficient (Wildman–Crippen LogP) is 17.9. The number of carboxylic acids is 1. The summed E-state index contributed by atoms with van der Waals surface area (Å²) >= 11 is 0. The number of imidazole rings is 4. The molecule has 8 heterocycles. The maximum absolute atomic E-state index is 14.1. The number of alkyl carbamates (subject to hydrolysis) is 3. The quantitative estimate of drug-likeness (QED) is 0.0195. The van der Waals surface area contributed by atoms with Crippen molar-refractivity contribution in [2.24, 2.45) is 11.8 Å². The zero-order valence-corrected chi connectivity index (χ0v) is 77.5. The summed E-state index contributed by atoms with van der Waals surface area (Å²) in [5.74, 6) is 0.776. The van der Waals surface area contributed by atoms with Gasteiger partial charge in [-0.3, -0.25) is 28.9 Å². The number of likely N-dealkylation sites (tertiary alicyclic amines) is 4. The molecule has 0 unspecified atom stereocenters. The number of benzene rings is 8. The van der Waals surface area contributed by atoms with Gasteiger partial charge in [-0.05, 0) is 199 Å². The zero-order valence-electron chi connectivity index (χ0n) is 77.5. The molecule has 0 saturated carbocycles. The molecule has 4 aliphatic heterocycles. The average Bonchev–Trinajstić information content (AvgIpc) is 1.70. The van der Waals surface area contributed by atoms with Crippen LogP contribution in [-0.2, 0) is 47.7 Å². The van der Waals surface area contributed by atoms with E-state index in [-0.39, 0.29) is 66.2 Å². The normalized spacial score (nSPS) is 16.8. The minimum absolute atomic E-state index is 0.0963. The maximum atomic E-state index is 14.1. The summed E-state index contributed by atoms with van der Waals surface area (Å²) in [5.41, 5.74) is 12.4. The molecule has 0 bridgehead atoms. The minimum atomic E-state index is -1.07. The fourth-order valence-corrected chi connectivity index (χ4v) is 17.7. The first-order valence-corrected chi connectivity index (χ1v) is 45.0. The number of hydrogen-bond donors (Lipinski definition) is 8. The summed E-state index contributed by atoms with van der Waals surface area (Å²) in [6.45, 7) is 15.6. The van der Waals surface area contributed by atoms with Gasteiger partial charge in [0.15, 0.2) is 0 Å². The second-order valence-corrected chi connectivity index (χ2v) is 35.3. The monoisotopic (exact) mass is 1820 g/mol. The van der Waals surface area contributed by atoms with Gasteiger partial charge in [-0.1, -0.05) is 149 Å². The van der Waals surface area contributed by atoms with Crippen LogP contribution in [-0.4, -0.2) is 205 Å². The number of amides is 7. The molecule has 7 amide bonds. The lowest BCUT2D eigenvalue weighted by Gasteiger charge is -2.30. The van der Waals surface area contributed by atoms with Crippen molar-refractivity contribution in [1.82, 2.24) is 75.4 Å². The first kappa shape index (κ1) is 95.2. The number of hydrogen-bond acceptors (Lipinski definition) is 20. The minimum Gasteiger partial charge on any atom is -0.497 e. The maximum Gasteiger partial charge on any atom is 0.410 e. The zero-order chi connectivity index (χ0) is 95.2. The SMILES string of the molecule is COC(=O)C[C@@H](C(=O)O)c1cccc(OC)c1.COC(=O)N[C@H](C(=O)N1CCC[C@H]1c1ncc(-c2ccc3cc(-c4ccc(-c5cnc([C@@H]6CCCN6C(=O)OC(C)(C)C)[nH]5)cc4)ccc3c2)[nH]1)C(C)C.COC(=O)N[C@H](C(=O)N1CCC[C@H]1c1ncc(-c2ccc3cc(-c4ccc(-c5cnc([C@@H]6CCCN6C(=O)[C@H](NC(=O)OC)c6cccc(OC)c6)[nH]5)cc4)ccc3c2)[nH]1)C(C)C. The van der Waals surface area contributed by atoms with E-state index in [1.54, 1.807) is 71.6 Å². The number of ether oxygens (including phenoxy) is 7. The van der Waals surface area contributed by atoms with Crippen LogP contribution < -0.4 is 25.4 Å². The Morgan fingerprint density at radius 1 is 0.396 bits per heavy atom. The van der Waals surface area contributed by atoms with E-state index in [9.17, 15) is 43.2 Å². The lowest BCUT2D eigenvalue weighted by Crippen LogP contribution is -2.51. The number of methoxy groups -OCH3 is 6. The Labute approximate surface area is 777 Å². The Bertz CT molecular complexity index is 6210. The van der Waals surface area contributed by atoms with E-state index in [4.69, 9.17) is 48.5 Å². The highest BCUT2D eigenvalue weighted by molar-refractivity contribution is 5.94. The van der Waals surface area contributed by atoms with Crippen molar-refractivity contribution in [2.45, 2.75) is 160 Å². The molecular weight excluding hydrogens is 1710 g/mol. The van der Waals surface area contributed by atoms with Crippen LogP contribution in [0.1, 0.15) is 177 Å². The number of carboxylic acid groups (broad SMARTS) is 1. The smallest absolute Gasteiger partial charge is 0.410 e. The summed E-state index contributed by atoms with van der Waals surface area (Å²) in [6, 6.07) is 52.8. The third kappa shape index (κ3) is 22.3. The van der Waals surface area contributed by atoms with Crippen LogP contribution in [0, 0.1) is 11.8 Å². The van der Waals surface area contributed by atoms with Crippen LogP contribution in [0.25, 0.3) is 88.8 Å². The van der Waals surface area contributed by atoms with Gasteiger partial charge in [0, 0.05) is 37.3 Å². The van der Waals surface area contributed by atoms with Crippen molar-refractivity contribution < 1.29 is 81.4 Å². The van der Waals surface area contributed by atoms with Crippen molar-refractivity contribution in [2.75, 3.05) is 68.8 Å². The van der Waals surface area contributed by atoms with Gasteiger partial charge in [0.1, 0.15) is 58.5 Å². The van der Waals surface area contributed by atoms with Crippen molar-refractivity contribution >= 4 is 75.6 Å². The summed E-state index contributed by atoms with van der Waals surface area (Å²) in [6.07, 6.45) is 11.4. The lowest BCUT2D eigenvalue weighted by molar-refractivity contribution is -0.147. The number of aliphatic carboxylic acids is 1. The highest BCUT2D eigenvalue weighted by Crippen LogP contribution is 2.41. The number of fused-ring (bicyclic) bond motifs is 2. The fraction of sp³-hybridized carbons (Fsp3) is 0.363. The molecular formula is C102H115N15O17. The molecule has 32 heteroatoms. The van der Waals surface area contributed by atoms with Crippen LogP contribution >= 0.6 is 0 Å².